The zero-order valence-corrected chi connectivity index (χ0v) is 8.76. The molecule has 1 N–H and O–H groups in total. The van der Waals surface area contributed by atoms with Gasteiger partial charge in [-0.2, -0.15) is 0 Å². The molecule has 1 aliphatic rings. The number of aryl methyl sites for hydroxylation is 1. The monoisotopic (exact) mass is 212 g/mol. The second kappa shape index (κ2) is 4.06. The zero-order chi connectivity index (χ0) is 9.97. The van der Waals surface area contributed by atoms with Gasteiger partial charge in [-0.15, -0.1) is 11.3 Å². The fraction of sp³-hybridized carbons (Fsp3) is 0.556. The third-order valence-corrected chi connectivity index (χ3v) is 2.95. The third-order valence-electron chi connectivity index (χ3n) is 2.07. The smallest absolute Gasteiger partial charge is 0.255 e. The summed E-state index contributed by atoms with van der Waals surface area (Å²) < 4.78 is 5.26. The molecule has 0 spiro atoms. The second-order valence-electron chi connectivity index (χ2n) is 3.28. The van der Waals surface area contributed by atoms with Crippen molar-refractivity contribution >= 4 is 22.4 Å². The van der Waals surface area contributed by atoms with Crippen LogP contribution in [0.5, 0.6) is 0 Å². The molecule has 2 heterocycles. The van der Waals surface area contributed by atoms with Gasteiger partial charge in [0.1, 0.15) is 6.10 Å². The van der Waals surface area contributed by atoms with Gasteiger partial charge in [0.2, 0.25) is 0 Å². The summed E-state index contributed by atoms with van der Waals surface area (Å²) in [6.45, 7) is 2.59. The molecule has 1 atom stereocenters. The van der Waals surface area contributed by atoms with E-state index < -0.39 is 0 Å². The molecule has 76 valence electrons. The first kappa shape index (κ1) is 9.61. The molecule has 0 unspecified atom stereocenters. The van der Waals surface area contributed by atoms with E-state index in [-0.39, 0.29) is 12.0 Å². The number of carbonyl (C=O) groups excluding carboxylic acids is 1. The molecule has 14 heavy (non-hydrogen) atoms. The SMILES string of the molecule is Cc1csc(NC(=O)[C@@H]2CCCO2)n1. The van der Waals surface area contributed by atoms with Gasteiger partial charge in [-0.25, -0.2) is 4.98 Å². The molecule has 0 aromatic carbocycles. The Morgan fingerprint density at radius 1 is 1.79 bits per heavy atom. The highest BCUT2D eigenvalue weighted by Crippen LogP contribution is 2.17. The fourth-order valence-corrected chi connectivity index (χ4v) is 2.07. The molecule has 0 bridgehead atoms. The molecule has 1 aromatic heterocycles. The van der Waals surface area contributed by atoms with E-state index in [1.807, 2.05) is 12.3 Å². The number of ether oxygens (including phenoxy) is 1. The Bertz CT molecular complexity index is 331. The van der Waals surface area contributed by atoms with Crippen LogP contribution < -0.4 is 5.32 Å². The highest BCUT2D eigenvalue weighted by Gasteiger charge is 2.23. The van der Waals surface area contributed by atoms with Gasteiger partial charge in [0.05, 0.1) is 5.69 Å². The number of nitrogens with zero attached hydrogens (tertiary/aromatic N) is 1. The van der Waals surface area contributed by atoms with E-state index in [2.05, 4.69) is 10.3 Å². The highest BCUT2D eigenvalue weighted by molar-refractivity contribution is 7.13. The number of amides is 1. The van der Waals surface area contributed by atoms with E-state index in [0.717, 1.165) is 18.5 Å². The maximum Gasteiger partial charge on any atom is 0.255 e. The van der Waals surface area contributed by atoms with Crippen molar-refractivity contribution in [2.24, 2.45) is 0 Å². The van der Waals surface area contributed by atoms with E-state index in [1.165, 1.54) is 11.3 Å². The van der Waals surface area contributed by atoms with Gasteiger partial charge in [-0.1, -0.05) is 0 Å². The van der Waals surface area contributed by atoms with Crippen LogP contribution in [0.25, 0.3) is 0 Å². The van der Waals surface area contributed by atoms with Crippen LogP contribution in [0.15, 0.2) is 5.38 Å². The normalized spacial score (nSPS) is 21.1. The lowest BCUT2D eigenvalue weighted by Gasteiger charge is -2.07. The summed E-state index contributed by atoms with van der Waals surface area (Å²) in [7, 11) is 0. The first-order chi connectivity index (χ1) is 6.75. The Balaban J connectivity index is 1.93. The summed E-state index contributed by atoms with van der Waals surface area (Å²) >= 11 is 1.44. The van der Waals surface area contributed by atoms with Crippen LogP contribution in [0, 0.1) is 6.92 Å². The quantitative estimate of drug-likeness (QED) is 0.809. The van der Waals surface area contributed by atoms with Crippen molar-refractivity contribution in [3.63, 3.8) is 0 Å². The second-order valence-corrected chi connectivity index (χ2v) is 4.14. The summed E-state index contributed by atoms with van der Waals surface area (Å²) in [5.41, 5.74) is 0.928. The molecule has 1 aliphatic heterocycles. The lowest BCUT2D eigenvalue weighted by molar-refractivity contribution is -0.124. The first-order valence-corrected chi connectivity index (χ1v) is 5.48. The van der Waals surface area contributed by atoms with Crippen molar-refractivity contribution in [2.45, 2.75) is 25.9 Å². The molecule has 1 saturated heterocycles. The number of hydrogen-bond donors (Lipinski definition) is 1. The lowest BCUT2D eigenvalue weighted by atomic mass is 10.2. The molecule has 0 radical (unpaired) electrons. The molecular formula is C9H12N2O2S. The predicted octanol–water partition coefficient (Wildman–Crippen LogP) is 1.57. The predicted molar refractivity (Wildman–Crippen MR) is 54.5 cm³/mol. The molecule has 2 rings (SSSR count). The first-order valence-electron chi connectivity index (χ1n) is 4.60. The van der Waals surface area contributed by atoms with Crippen LogP contribution in [-0.2, 0) is 9.53 Å². The number of aromatic nitrogens is 1. The Kier molecular flexibility index (Phi) is 2.79. The largest absolute Gasteiger partial charge is 0.368 e. The van der Waals surface area contributed by atoms with Crippen molar-refractivity contribution in [1.29, 1.82) is 0 Å². The Morgan fingerprint density at radius 2 is 2.64 bits per heavy atom. The van der Waals surface area contributed by atoms with E-state index >= 15 is 0 Å². The van der Waals surface area contributed by atoms with E-state index in [0.29, 0.717) is 11.7 Å². The fourth-order valence-electron chi connectivity index (χ4n) is 1.38. The number of carbonyl (C=O) groups is 1. The maximum absolute atomic E-state index is 11.6. The van der Waals surface area contributed by atoms with Crippen molar-refractivity contribution < 1.29 is 9.53 Å². The minimum atomic E-state index is -0.279. The van der Waals surface area contributed by atoms with Crippen LogP contribution >= 0.6 is 11.3 Å². The van der Waals surface area contributed by atoms with E-state index in [1.54, 1.807) is 0 Å². The Morgan fingerprint density at radius 3 is 3.21 bits per heavy atom. The molecule has 5 heteroatoms. The van der Waals surface area contributed by atoms with Gasteiger partial charge in [0, 0.05) is 12.0 Å². The third kappa shape index (κ3) is 2.10. The van der Waals surface area contributed by atoms with Crippen molar-refractivity contribution in [3.8, 4) is 0 Å². The zero-order valence-electron chi connectivity index (χ0n) is 7.95. The van der Waals surface area contributed by atoms with Crippen LogP contribution in [0.4, 0.5) is 5.13 Å². The Labute approximate surface area is 86.3 Å². The molecule has 1 fully saturated rings. The number of thiazole rings is 1. The van der Waals surface area contributed by atoms with Crippen molar-refractivity contribution in [3.05, 3.63) is 11.1 Å². The standard InChI is InChI=1S/C9H12N2O2S/c1-6-5-14-9(10-6)11-8(12)7-3-2-4-13-7/h5,7H,2-4H2,1H3,(H,10,11,12)/t7-/m0/s1. The average molecular weight is 212 g/mol. The molecule has 4 nitrogen and oxygen atoms in total. The average Bonchev–Trinajstić information content (AvgIpc) is 2.75. The summed E-state index contributed by atoms with van der Waals surface area (Å²) in [4.78, 5) is 15.7. The number of rotatable bonds is 2. The van der Waals surface area contributed by atoms with E-state index in [9.17, 15) is 4.79 Å². The topological polar surface area (TPSA) is 51.2 Å². The lowest BCUT2D eigenvalue weighted by Crippen LogP contribution is -2.26. The van der Waals surface area contributed by atoms with Crippen LogP contribution in [0.2, 0.25) is 0 Å². The molecule has 1 aromatic rings. The van der Waals surface area contributed by atoms with Crippen molar-refractivity contribution in [2.75, 3.05) is 11.9 Å². The van der Waals surface area contributed by atoms with Crippen LogP contribution in [0.3, 0.4) is 0 Å². The summed E-state index contributed by atoms with van der Waals surface area (Å²) in [6.07, 6.45) is 1.50. The van der Waals surface area contributed by atoms with Crippen molar-refractivity contribution in [1.82, 2.24) is 4.98 Å². The molecule has 0 saturated carbocycles. The summed E-state index contributed by atoms with van der Waals surface area (Å²) in [5, 5.41) is 5.31. The van der Waals surface area contributed by atoms with Gasteiger partial charge in [-0.05, 0) is 19.8 Å². The van der Waals surface area contributed by atoms with Gasteiger partial charge < -0.3 is 4.74 Å². The van der Waals surface area contributed by atoms with Gasteiger partial charge in [0.25, 0.3) is 5.91 Å². The maximum atomic E-state index is 11.6. The summed E-state index contributed by atoms with van der Waals surface area (Å²) in [6, 6.07) is 0. The van der Waals surface area contributed by atoms with Gasteiger partial charge in [0.15, 0.2) is 5.13 Å². The van der Waals surface area contributed by atoms with Crippen LogP contribution in [0.1, 0.15) is 18.5 Å². The highest BCUT2D eigenvalue weighted by atomic mass is 32.1. The van der Waals surface area contributed by atoms with Gasteiger partial charge >= 0.3 is 0 Å². The molecule has 1 amide bonds. The number of anilines is 1. The Hall–Kier alpha value is -0.940. The molecular weight excluding hydrogens is 200 g/mol. The minimum Gasteiger partial charge on any atom is -0.368 e. The van der Waals surface area contributed by atoms with Gasteiger partial charge in [-0.3, -0.25) is 10.1 Å². The minimum absolute atomic E-state index is 0.0724. The molecule has 0 aliphatic carbocycles. The summed E-state index contributed by atoms with van der Waals surface area (Å²) in [5.74, 6) is -0.0724. The number of hydrogen-bond acceptors (Lipinski definition) is 4. The van der Waals surface area contributed by atoms with E-state index in [4.69, 9.17) is 4.74 Å². The number of nitrogens with one attached hydrogen (secondary N) is 1. The van der Waals surface area contributed by atoms with Crippen LogP contribution in [-0.4, -0.2) is 23.6 Å².